The van der Waals surface area contributed by atoms with Crippen LogP contribution in [0.3, 0.4) is 0 Å². The zero-order valence-corrected chi connectivity index (χ0v) is 8.20. The maximum atomic E-state index is 11.6. The quantitative estimate of drug-likeness (QED) is 0.635. The Balaban J connectivity index is 2.59. The maximum absolute atomic E-state index is 11.6. The van der Waals surface area contributed by atoms with Gasteiger partial charge < -0.3 is 0 Å². The van der Waals surface area contributed by atoms with Crippen molar-refractivity contribution in [3.8, 4) is 0 Å². The van der Waals surface area contributed by atoms with Gasteiger partial charge in [-0.25, -0.2) is 0 Å². The van der Waals surface area contributed by atoms with Crippen molar-refractivity contribution in [3.05, 3.63) is 39.3 Å². The predicted molar refractivity (Wildman–Crippen MR) is 53.5 cm³/mol. The Morgan fingerprint density at radius 1 is 1.36 bits per heavy atom. The van der Waals surface area contributed by atoms with Gasteiger partial charge in [0.1, 0.15) is 0 Å². The predicted octanol–water partition coefficient (Wildman–Crippen LogP) is 2.18. The lowest BCUT2D eigenvalue weighted by Crippen LogP contribution is -2.11. The van der Waals surface area contributed by atoms with Gasteiger partial charge in [0.15, 0.2) is 11.8 Å². The van der Waals surface area contributed by atoms with Crippen LogP contribution in [-0.2, 0) is 6.42 Å². The summed E-state index contributed by atoms with van der Waals surface area (Å²) in [5, 5.41) is 2.85. The molecule has 0 aromatic heterocycles. The molecular formula is C11H11NO2. The summed E-state index contributed by atoms with van der Waals surface area (Å²) in [6, 6.07) is 3.02. The first-order valence-electron chi connectivity index (χ1n) is 4.61. The van der Waals surface area contributed by atoms with E-state index in [0.29, 0.717) is 12.0 Å². The van der Waals surface area contributed by atoms with Crippen molar-refractivity contribution in [1.82, 2.24) is 0 Å². The van der Waals surface area contributed by atoms with Crippen LogP contribution in [-0.4, -0.2) is 11.8 Å². The maximum Gasteiger partial charge on any atom is 0.191 e. The molecule has 14 heavy (non-hydrogen) atoms. The van der Waals surface area contributed by atoms with Crippen LogP contribution in [0.4, 0.5) is 0 Å². The second-order valence-corrected chi connectivity index (χ2v) is 3.72. The number of fused-ring (bicyclic) bond motifs is 1. The minimum atomic E-state index is -0.689. The van der Waals surface area contributed by atoms with Crippen LogP contribution in [0.1, 0.15) is 27.0 Å². The van der Waals surface area contributed by atoms with E-state index >= 15 is 0 Å². The van der Waals surface area contributed by atoms with E-state index in [0.717, 1.165) is 16.7 Å². The molecule has 1 aromatic carbocycles. The highest BCUT2D eigenvalue weighted by atomic mass is 16.3. The number of nitrogens with zero attached hydrogens (tertiary/aromatic N) is 1. The molecule has 3 heteroatoms. The zero-order chi connectivity index (χ0) is 10.3. The van der Waals surface area contributed by atoms with E-state index in [-0.39, 0.29) is 5.78 Å². The summed E-state index contributed by atoms with van der Waals surface area (Å²) in [4.78, 5) is 22.0. The first-order chi connectivity index (χ1) is 6.65. The molecule has 0 saturated carbocycles. The Morgan fingerprint density at radius 3 is 2.71 bits per heavy atom. The molecular weight excluding hydrogens is 178 g/mol. The number of Topliss-reactive ketones (excluding diaryl/α,β-unsaturated/α-hetero) is 1. The van der Waals surface area contributed by atoms with Crippen molar-refractivity contribution in [2.24, 2.45) is 5.18 Å². The summed E-state index contributed by atoms with van der Waals surface area (Å²) >= 11 is 0. The van der Waals surface area contributed by atoms with Crippen molar-refractivity contribution in [3.63, 3.8) is 0 Å². The summed E-state index contributed by atoms with van der Waals surface area (Å²) in [6.45, 7) is 3.98. The minimum Gasteiger partial charge on any atom is -0.292 e. The molecule has 72 valence electrons. The second-order valence-electron chi connectivity index (χ2n) is 3.72. The smallest absolute Gasteiger partial charge is 0.191 e. The Morgan fingerprint density at radius 2 is 2.07 bits per heavy atom. The van der Waals surface area contributed by atoms with Crippen LogP contribution in [0.15, 0.2) is 17.3 Å². The first-order valence-corrected chi connectivity index (χ1v) is 4.61. The lowest BCUT2D eigenvalue weighted by atomic mass is 10.00. The fourth-order valence-corrected chi connectivity index (χ4v) is 1.92. The molecule has 0 radical (unpaired) electrons. The second kappa shape index (κ2) is 3.01. The van der Waals surface area contributed by atoms with Gasteiger partial charge in [-0.1, -0.05) is 17.3 Å². The van der Waals surface area contributed by atoms with E-state index in [1.54, 1.807) is 6.07 Å². The number of nitroso groups, excluding NO2 is 1. The number of carbonyl (C=O) groups excluding carboxylic acids is 1. The van der Waals surface area contributed by atoms with Crippen molar-refractivity contribution in [2.45, 2.75) is 26.3 Å². The molecule has 0 N–H and O–H groups in total. The van der Waals surface area contributed by atoms with Gasteiger partial charge in [0, 0.05) is 12.0 Å². The molecule has 2 rings (SSSR count). The van der Waals surface area contributed by atoms with E-state index in [2.05, 4.69) is 5.18 Å². The number of carbonyl (C=O) groups is 1. The number of aryl methyl sites for hydroxylation is 1. The summed E-state index contributed by atoms with van der Waals surface area (Å²) in [6.07, 6.45) is 0.477. The fraction of sp³-hybridized carbons (Fsp3) is 0.364. The third-order valence-electron chi connectivity index (χ3n) is 2.96. The third kappa shape index (κ3) is 1.09. The van der Waals surface area contributed by atoms with Crippen LogP contribution in [0.25, 0.3) is 0 Å². The van der Waals surface area contributed by atoms with Crippen molar-refractivity contribution < 1.29 is 4.79 Å². The fourth-order valence-electron chi connectivity index (χ4n) is 1.92. The number of ketones is 1. The molecule has 0 amide bonds. The molecule has 1 aromatic rings. The summed E-state index contributed by atoms with van der Waals surface area (Å²) < 4.78 is 0. The van der Waals surface area contributed by atoms with Gasteiger partial charge in [0.2, 0.25) is 0 Å². The summed E-state index contributed by atoms with van der Waals surface area (Å²) in [5.41, 5.74) is 3.95. The molecule has 1 aliphatic carbocycles. The Hall–Kier alpha value is -1.51. The SMILES string of the molecule is Cc1ccc2c(c1C)CC(N=O)C2=O. The molecule has 0 aliphatic heterocycles. The first kappa shape index (κ1) is 9.06. The summed E-state index contributed by atoms with van der Waals surface area (Å²) in [5.74, 6) is -0.127. The molecule has 1 aliphatic rings. The van der Waals surface area contributed by atoms with Crippen LogP contribution >= 0.6 is 0 Å². The minimum absolute atomic E-state index is 0.127. The van der Waals surface area contributed by atoms with Gasteiger partial charge in [-0.3, -0.25) is 4.79 Å². The Kier molecular flexibility index (Phi) is 1.95. The van der Waals surface area contributed by atoms with E-state index in [1.165, 1.54) is 0 Å². The number of hydrogen-bond acceptors (Lipinski definition) is 3. The van der Waals surface area contributed by atoms with Gasteiger partial charge in [0.05, 0.1) is 0 Å². The number of rotatable bonds is 1. The highest BCUT2D eigenvalue weighted by Gasteiger charge is 2.32. The Labute approximate surface area is 82.1 Å². The van der Waals surface area contributed by atoms with Crippen LogP contribution in [0.5, 0.6) is 0 Å². The molecule has 0 saturated heterocycles. The summed E-state index contributed by atoms with van der Waals surface area (Å²) in [7, 11) is 0. The van der Waals surface area contributed by atoms with Gasteiger partial charge in [0.25, 0.3) is 0 Å². The monoisotopic (exact) mass is 189 g/mol. The van der Waals surface area contributed by atoms with Crippen molar-refractivity contribution in [1.29, 1.82) is 0 Å². The Bertz CT molecular complexity index is 424. The average Bonchev–Trinajstić information content (AvgIpc) is 2.50. The third-order valence-corrected chi connectivity index (χ3v) is 2.96. The molecule has 0 bridgehead atoms. The number of hydrogen-bond donors (Lipinski definition) is 0. The molecule has 1 unspecified atom stereocenters. The largest absolute Gasteiger partial charge is 0.292 e. The highest BCUT2D eigenvalue weighted by molar-refractivity contribution is 6.05. The molecule has 3 nitrogen and oxygen atoms in total. The topological polar surface area (TPSA) is 46.5 Å². The molecule has 0 fully saturated rings. The van der Waals surface area contributed by atoms with E-state index in [4.69, 9.17) is 0 Å². The van der Waals surface area contributed by atoms with Gasteiger partial charge in [-0.15, -0.1) is 0 Å². The molecule has 0 spiro atoms. The van der Waals surface area contributed by atoms with E-state index < -0.39 is 6.04 Å². The standard InChI is InChI=1S/C11H11NO2/c1-6-3-4-8-9(7(6)2)5-10(12-14)11(8)13/h3-4,10H,5H2,1-2H3. The van der Waals surface area contributed by atoms with Crippen LogP contribution in [0.2, 0.25) is 0 Å². The van der Waals surface area contributed by atoms with Crippen molar-refractivity contribution in [2.75, 3.05) is 0 Å². The van der Waals surface area contributed by atoms with E-state index in [1.807, 2.05) is 19.9 Å². The highest BCUT2D eigenvalue weighted by Crippen LogP contribution is 2.28. The molecule has 0 heterocycles. The van der Waals surface area contributed by atoms with Gasteiger partial charge >= 0.3 is 0 Å². The lowest BCUT2D eigenvalue weighted by Gasteiger charge is -2.04. The normalized spacial score (nSPS) is 19.6. The average molecular weight is 189 g/mol. The van der Waals surface area contributed by atoms with E-state index in [9.17, 15) is 9.70 Å². The van der Waals surface area contributed by atoms with Gasteiger partial charge in [-0.05, 0) is 30.5 Å². The van der Waals surface area contributed by atoms with Gasteiger partial charge in [-0.2, -0.15) is 4.91 Å². The van der Waals surface area contributed by atoms with Crippen LogP contribution in [0, 0.1) is 18.8 Å². The van der Waals surface area contributed by atoms with Crippen LogP contribution < -0.4 is 0 Å². The lowest BCUT2D eigenvalue weighted by molar-refractivity contribution is 0.0975. The molecule has 1 atom stereocenters. The zero-order valence-electron chi connectivity index (χ0n) is 8.20. The van der Waals surface area contributed by atoms with Crippen molar-refractivity contribution >= 4 is 5.78 Å². The number of benzene rings is 1.